The minimum atomic E-state index is -0.484. The van der Waals surface area contributed by atoms with Gasteiger partial charge >= 0.3 is 0 Å². The number of furan rings is 1. The van der Waals surface area contributed by atoms with Gasteiger partial charge in [-0.05, 0) is 61.9 Å². The topological polar surface area (TPSA) is 136 Å². The Labute approximate surface area is 302 Å². The monoisotopic (exact) mass is 709 g/mol. The first-order valence-electron chi connectivity index (χ1n) is 17.1. The summed E-state index contributed by atoms with van der Waals surface area (Å²) < 4.78 is 29.0. The van der Waals surface area contributed by atoms with Crippen molar-refractivity contribution < 1.29 is 27.9 Å². The molecule has 264 valence electrons. The highest BCUT2D eigenvalue weighted by Gasteiger charge is 2.30. The zero-order chi connectivity index (χ0) is 36.8. The highest BCUT2D eigenvalue weighted by molar-refractivity contribution is 6.03. The van der Waals surface area contributed by atoms with E-state index in [0.29, 0.717) is 58.8 Å². The van der Waals surface area contributed by atoms with Gasteiger partial charge in [-0.25, -0.2) is 4.39 Å². The molecule has 1 unspecified atom stereocenters. The van der Waals surface area contributed by atoms with E-state index in [9.17, 15) is 19.2 Å². The summed E-state index contributed by atoms with van der Waals surface area (Å²) in [6.45, 7) is 2.70. The number of pyridine rings is 2. The van der Waals surface area contributed by atoms with Gasteiger partial charge in [-0.2, -0.15) is 0 Å². The summed E-state index contributed by atoms with van der Waals surface area (Å²) in [6, 6.07) is 19.2. The lowest BCUT2D eigenvalue weighted by atomic mass is 9.90. The number of rotatable bonds is 5. The smallest absolute Gasteiger partial charge is 0.270 e. The summed E-state index contributed by atoms with van der Waals surface area (Å²) >= 11 is 0. The molecular formula is C41H32FN5O6. The van der Waals surface area contributed by atoms with Crippen LogP contribution in [0.2, 0.25) is 0 Å². The Bertz CT molecular complexity index is 2620. The second-order valence-corrected chi connectivity index (χ2v) is 13.0. The molecule has 3 aromatic heterocycles. The molecule has 2 aliphatic heterocycles. The average Bonchev–Trinajstić information content (AvgIpc) is 3.58. The number of carbonyl (C=O) groups is 3. The number of fused-ring (bicyclic) bond motifs is 3. The highest BCUT2D eigenvalue weighted by Crippen LogP contribution is 2.42. The van der Waals surface area contributed by atoms with Gasteiger partial charge in [0.2, 0.25) is 11.8 Å². The number of nitrogens with zero attached hydrogens (tertiary/aromatic N) is 3. The molecule has 12 heteroatoms. The van der Waals surface area contributed by atoms with Crippen LogP contribution in [0.1, 0.15) is 45.9 Å². The molecule has 53 heavy (non-hydrogen) atoms. The number of anilines is 2. The van der Waals surface area contributed by atoms with Crippen LogP contribution in [0.3, 0.4) is 0 Å². The van der Waals surface area contributed by atoms with Gasteiger partial charge in [-0.15, -0.1) is 0 Å². The normalized spacial score (nSPS) is 15.4. The molecule has 0 bridgehead atoms. The number of benzene rings is 3. The molecule has 0 radical (unpaired) electrons. The standard InChI is InChI=1S/C41H32FN5O6/c1-23-17-29-33(46(2)41(23)51)6-3-7-34(29)47-15-16-52-37-19-27(31(42)20-35(37)47)25-9-11-32(44-21-25)40(50)43-14-4-5-24-8-12-36-28(18-24)30(22-53-36)26-10-13-38(48)45-39(26)49/h3,6-9,11-12,17-22,26H,10,13-16H2,1-2H3,(H,43,50)(H,45,48,49). The number of hydrogen-bond acceptors (Lipinski definition) is 8. The van der Waals surface area contributed by atoms with Gasteiger partial charge in [-0.3, -0.25) is 29.5 Å². The van der Waals surface area contributed by atoms with Crippen molar-refractivity contribution in [2.75, 3.05) is 24.6 Å². The minimum absolute atomic E-state index is 0.0472. The van der Waals surface area contributed by atoms with Crippen LogP contribution in [0.15, 0.2) is 88.4 Å². The van der Waals surface area contributed by atoms with E-state index >= 15 is 4.39 Å². The van der Waals surface area contributed by atoms with Crippen LogP contribution in [-0.4, -0.2) is 47.0 Å². The summed E-state index contributed by atoms with van der Waals surface area (Å²) in [5, 5.41) is 6.73. The maximum Gasteiger partial charge on any atom is 0.270 e. The molecule has 5 heterocycles. The van der Waals surface area contributed by atoms with Crippen LogP contribution in [0, 0.1) is 24.6 Å². The van der Waals surface area contributed by atoms with Gasteiger partial charge in [0.1, 0.15) is 29.5 Å². The van der Waals surface area contributed by atoms with E-state index in [1.54, 1.807) is 49.1 Å². The fraction of sp³-hybridized carbons (Fsp3) is 0.195. The van der Waals surface area contributed by atoms with Crippen molar-refractivity contribution in [3.8, 4) is 28.7 Å². The van der Waals surface area contributed by atoms with E-state index in [4.69, 9.17) is 9.15 Å². The quantitative estimate of drug-likeness (QED) is 0.174. The summed E-state index contributed by atoms with van der Waals surface area (Å²) in [6.07, 6.45) is 3.66. The lowest BCUT2D eigenvalue weighted by molar-refractivity contribution is -0.134. The molecule has 1 saturated heterocycles. The molecule has 0 spiro atoms. The van der Waals surface area contributed by atoms with Crippen molar-refractivity contribution in [3.05, 3.63) is 118 Å². The van der Waals surface area contributed by atoms with Crippen molar-refractivity contribution in [1.82, 2.24) is 20.2 Å². The van der Waals surface area contributed by atoms with Crippen molar-refractivity contribution in [3.63, 3.8) is 0 Å². The second kappa shape index (κ2) is 13.4. The number of piperidine rings is 1. The van der Waals surface area contributed by atoms with Gasteiger partial charge in [0, 0.05) is 64.3 Å². The third kappa shape index (κ3) is 6.16. The molecule has 11 nitrogen and oxygen atoms in total. The van der Waals surface area contributed by atoms with E-state index < -0.39 is 17.6 Å². The van der Waals surface area contributed by atoms with Crippen LogP contribution in [0.4, 0.5) is 15.8 Å². The number of hydrogen-bond donors (Lipinski definition) is 2. The predicted molar refractivity (Wildman–Crippen MR) is 197 cm³/mol. The molecule has 8 rings (SSSR count). The maximum atomic E-state index is 15.8. The number of amides is 3. The molecule has 3 amide bonds. The third-order valence-corrected chi connectivity index (χ3v) is 9.72. The lowest BCUT2D eigenvalue weighted by Crippen LogP contribution is -2.39. The molecule has 3 aromatic carbocycles. The molecule has 0 saturated carbocycles. The number of ether oxygens (including phenoxy) is 1. The van der Waals surface area contributed by atoms with E-state index in [0.717, 1.165) is 22.0 Å². The van der Waals surface area contributed by atoms with Crippen LogP contribution < -0.4 is 25.8 Å². The summed E-state index contributed by atoms with van der Waals surface area (Å²) in [7, 11) is 1.74. The summed E-state index contributed by atoms with van der Waals surface area (Å²) in [4.78, 5) is 55.7. The molecular weight excluding hydrogens is 677 g/mol. The first-order valence-corrected chi connectivity index (χ1v) is 17.1. The zero-order valence-corrected chi connectivity index (χ0v) is 28.8. The predicted octanol–water partition coefficient (Wildman–Crippen LogP) is 5.63. The Morgan fingerprint density at radius 2 is 1.92 bits per heavy atom. The van der Waals surface area contributed by atoms with Crippen LogP contribution >= 0.6 is 0 Å². The number of carbonyl (C=O) groups excluding carboxylic acids is 3. The van der Waals surface area contributed by atoms with Crippen molar-refractivity contribution in [1.29, 1.82) is 0 Å². The van der Waals surface area contributed by atoms with Crippen LogP contribution in [-0.2, 0) is 16.6 Å². The molecule has 2 aliphatic rings. The van der Waals surface area contributed by atoms with Gasteiger partial charge in [0.05, 0.1) is 42.2 Å². The Hall–Kier alpha value is -6.74. The first-order chi connectivity index (χ1) is 25.7. The van der Waals surface area contributed by atoms with Gasteiger partial charge < -0.3 is 23.9 Å². The SMILES string of the molecule is Cc1cc2c(N3CCOc4cc(-c5ccc(C(=O)NCC#Cc6ccc7occ(C8CCC(=O)NC8=O)c7c6)nc5)c(F)cc43)cccc2n(C)c1=O. The van der Waals surface area contributed by atoms with Gasteiger partial charge in [0.15, 0.2) is 0 Å². The third-order valence-electron chi connectivity index (χ3n) is 9.72. The Kier molecular flexibility index (Phi) is 8.46. The Morgan fingerprint density at radius 3 is 2.74 bits per heavy atom. The lowest BCUT2D eigenvalue weighted by Gasteiger charge is -2.32. The van der Waals surface area contributed by atoms with Crippen molar-refractivity contribution in [2.45, 2.75) is 25.7 Å². The van der Waals surface area contributed by atoms with E-state index in [1.807, 2.05) is 35.2 Å². The second-order valence-electron chi connectivity index (χ2n) is 13.0. The largest absolute Gasteiger partial charge is 0.490 e. The number of nitrogens with one attached hydrogen (secondary N) is 2. The van der Waals surface area contributed by atoms with E-state index in [-0.39, 0.29) is 41.6 Å². The minimum Gasteiger partial charge on any atom is -0.490 e. The van der Waals surface area contributed by atoms with Gasteiger partial charge in [0.25, 0.3) is 11.5 Å². The van der Waals surface area contributed by atoms with Crippen LogP contribution in [0.5, 0.6) is 5.75 Å². The first kappa shape index (κ1) is 33.4. The van der Waals surface area contributed by atoms with Crippen molar-refractivity contribution in [2.24, 2.45) is 7.05 Å². The van der Waals surface area contributed by atoms with Gasteiger partial charge in [-0.1, -0.05) is 24.0 Å². The Balaban J connectivity index is 0.960. The number of imide groups is 1. The molecule has 1 fully saturated rings. The highest BCUT2D eigenvalue weighted by atomic mass is 19.1. The summed E-state index contributed by atoms with van der Waals surface area (Å²) in [5.74, 6) is 4.43. The maximum absolute atomic E-state index is 15.8. The molecule has 2 N–H and O–H groups in total. The molecule has 0 aliphatic carbocycles. The summed E-state index contributed by atoms with van der Waals surface area (Å²) in [5.41, 5.74) is 5.62. The number of halogens is 1. The van der Waals surface area contributed by atoms with E-state index in [1.165, 1.54) is 18.3 Å². The fourth-order valence-electron chi connectivity index (χ4n) is 7.01. The van der Waals surface area contributed by atoms with Crippen molar-refractivity contribution >= 4 is 51.0 Å². The Morgan fingerprint density at radius 1 is 1.06 bits per heavy atom. The number of aromatic nitrogens is 2. The van der Waals surface area contributed by atoms with Crippen LogP contribution in [0.25, 0.3) is 33.0 Å². The molecule has 6 aromatic rings. The fourth-order valence-corrected chi connectivity index (χ4v) is 7.01. The average molecular weight is 710 g/mol. The molecule has 1 atom stereocenters. The zero-order valence-electron chi connectivity index (χ0n) is 28.8. The van der Waals surface area contributed by atoms with E-state index in [2.05, 4.69) is 27.5 Å². The number of aryl methyl sites for hydroxylation is 2.